The van der Waals surface area contributed by atoms with Crippen LogP contribution in [0.15, 0.2) is 47.4 Å². The molecule has 5 nitrogen and oxygen atoms in total. The highest BCUT2D eigenvalue weighted by Gasteiger charge is 2.30. The number of aryl methyl sites for hydroxylation is 1. The minimum atomic E-state index is -3.42. The number of hydrogen-bond donors (Lipinski definition) is 1. The maximum Gasteiger partial charge on any atom is 0.243 e. The number of hydrogen-bond acceptors (Lipinski definition) is 3. The summed E-state index contributed by atoms with van der Waals surface area (Å²) in [6, 6.07) is 12.6. The molecule has 0 saturated carbocycles. The second-order valence-electron chi connectivity index (χ2n) is 6.60. The molecule has 0 aromatic heterocycles. The van der Waals surface area contributed by atoms with E-state index >= 15 is 0 Å². The minimum Gasteiger partial charge on any atom is -0.496 e. The predicted octanol–water partition coefficient (Wildman–Crippen LogP) is 1.75. The fourth-order valence-corrected chi connectivity index (χ4v) is 4.87. The van der Waals surface area contributed by atoms with Crippen molar-refractivity contribution in [3.63, 3.8) is 0 Å². The highest BCUT2D eigenvalue weighted by atomic mass is 35.5. The molecule has 0 radical (unpaired) electrons. The average molecular weight is 396 g/mol. The summed E-state index contributed by atoms with van der Waals surface area (Å²) in [7, 11) is -1.77. The highest BCUT2D eigenvalue weighted by molar-refractivity contribution is 7.89. The standard InChI is InChI=1S/C19H23ClN2O3S/c1-15-3-6-18(7-4-15)26(23,24)22-11-9-21(10-12-22)14-16-13-17(20)5-8-19(16)25-2/h3-8,13H,9-12,14H2,1-2H3/p+1. The molecule has 0 bridgehead atoms. The third kappa shape index (κ3) is 4.20. The Bertz CT molecular complexity index is 861. The van der Waals surface area contributed by atoms with E-state index in [0.29, 0.717) is 23.0 Å². The quantitative estimate of drug-likeness (QED) is 0.839. The zero-order chi connectivity index (χ0) is 18.7. The SMILES string of the molecule is COc1ccc(Cl)cc1C[NH+]1CCN(S(=O)(=O)c2ccc(C)cc2)CC1. The molecule has 1 aliphatic heterocycles. The monoisotopic (exact) mass is 395 g/mol. The molecule has 3 rings (SSSR count). The van der Waals surface area contributed by atoms with Crippen LogP contribution in [0.5, 0.6) is 5.75 Å². The van der Waals surface area contributed by atoms with Crippen LogP contribution in [-0.2, 0) is 16.6 Å². The van der Waals surface area contributed by atoms with Crippen LogP contribution in [0.3, 0.4) is 0 Å². The third-order valence-electron chi connectivity index (χ3n) is 4.77. The molecule has 0 unspecified atom stereocenters. The smallest absolute Gasteiger partial charge is 0.243 e. The number of piperazine rings is 1. The molecule has 1 aliphatic rings. The van der Waals surface area contributed by atoms with Gasteiger partial charge in [0.05, 0.1) is 38.2 Å². The lowest BCUT2D eigenvalue weighted by Gasteiger charge is -2.31. The van der Waals surface area contributed by atoms with Crippen molar-refractivity contribution < 1.29 is 18.1 Å². The first-order valence-corrected chi connectivity index (χ1v) is 10.4. The third-order valence-corrected chi connectivity index (χ3v) is 6.92. The summed E-state index contributed by atoms with van der Waals surface area (Å²) in [5.41, 5.74) is 2.10. The Balaban J connectivity index is 1.66. The molecule has 0 spiro atoms. The lowest BCUT2D eigenvalue weighted by Crippen LogP contribution is -3.13. The second-order valence-corrected chi connectivity index (χ2v) is 8.97. The Labute approximate surface area is 160 Å². The predicted molar refractivity (Wildman–Crippen MR) is 102 cm³/mol. The van der Waals surface area contributed by atoms with E-state index in [1.54, 1.807) is 23.5 Å². The van der Waals surface area contributed by atoms with Gasteiger partial charge in [-0.05, 0) is 37.3 Å². The molecule has 26 heavy (non-hydrogen) atoms. The van der Waals surface area contributed by atoms with Crippen molar-refractivity contribution in [3.05, 3.63) is 58.6 Å². The number of quaternary nitrogens is 1. The van der Waals surface area contributed by atoms with Crippen LogP contribution in [0.4, 0.5) is 0 Å². The Morgan fingerprint density at radius 1 is 1.12 bits per heavy atom. The maximum absolute atomic E-state index is 12.8. The number of methoxy groups -OCH3 is 1. The summed E-state index contributed by atoms with van der Waals surface area (Å²) in [5, 5.41) is 0.681. The number of sulfonamides is 1. The van der Waals surface area contributed by atoms with Crippen LogP contribution in [0.1, 0.15) is 11.1 Å². The van der Waals surface area contributed by atoms with Crippen LogP contribution >= 0.6 is 11.6 Å². The molecular weight excluding hydrogens is 372 g/mol. The molecule has 0 aliphatic carbocycles. The molecular formula is C19H24ClN2O3S+. The minimum absolute atomic E-state index is 0.364. The number of halogens is 1. The van der Waals surface area contributed by atoms with Gasteiger partial charge in [0.25, 0.3) is 0 Å². The molecule has 2 aromatic carbocycles. The summed E-state index contributed by atoms with van der Waals surface area (Å²) in [5.74, 6) is 0.816. The van der Waals surface area contributed by atoms with Gasteiger partial charge in [0.15, 0.2) is 0 Å². The second kappa shape index (κ2) is 7.96. The van der Waals surface area contributed by atoms with Gasteiger partial charge < -0.3 is 9.64 Å². The van der Waals surface area contributed by atoms with Gasteiger partial charge in [0, 0.05) is 10.6 Å². The molecule has 1 heterocycles. The maximum atomic E-state index is 12.8. The van der Waals surface area contributed by atoms with Gasteiger partial charge in [-0.3, -0.25) is 0 Å². The zero-order valence-corrected chi connectivity index (χ0v) is 16.6. The van der Waals surface area contributed by atoms with Gasteiger partial charge in [-0.2, -0.15) is 4.31 Å². The van der Waals surface area contributed by atoms with Gasteiger partial charge in [0.1, 0.15) is 12.3 Å². The van der Waals surface area contributed by atoms with E-state index in [9.17, 15) is 8.42 Å². The Kier molecular flexibility index (Phi) is 5.87. The van der Waals surface area contributed by atoms with E-state index < -0.39 is 10.0 Å². The summed E-state index contributed by atoms with van der Waals surface area (Å²) in [6.45, 7) is 5.23. The van der Waals surface area contributed by atoms with Crippen molar-refractivity contribution in [3.8, 4) is 5.75 Å². The number of ether oxygens (including phenoxy) is 1. The Morgan fingerprint density at radius 2 is 1.77 bits per heavy atom. The lowest BCUT2D eigenvalue weighted by atomic mass is 10.1. The van der Waals surface area contributed by atoms with Gasteiger partial charge in [-0.25, -0.2) is 8.42 Å². The Morgan fingerprint density at radius 3 is 2.38 bits per heavy atom. The number of benzene rings is 2. The van der Waals surface area contributed by atoms with Crippen molar-refractivity contribution in [2.45, 2.75) is 18.4 Å². The first kappa shape index (κ1) is 19.2. The average Bonchev–Trinajstić information content (AvgIpc) is 2.63. The van der Waals surface area contributed by atoms with Gasteiger partial charge in [-0.15, -0.1) is 0 Å². The van der Waals surface area contributed by atoms with E-state index in [1.165, 1.54) is 4.90 Å². The highest BCUT2D eigenvalue weighted by Crippen LogP contribution is 2.22. The van der Waals surface area contributed by atoms with Crippen molar-refractivity contribution in [1.29, 1.82) is 0 Å². The first-order valence-electron chi connectivity index (χ1n) is 8.63. The summed E-state index contributed by atoms with van der Waals surface area (Å²) >= 11 is 6.10. The van der Waals surface area contributed by atoms with Crippen LogP contribution in [-0.4, -0.2) is 46.0 Å². The number of nitrogens with zero attached hydrogens (tertiary/aromatic N) is 1. The van der Waals surface area contributed by atoms with E-state index in [-0.39, 0.29) is 0 Å². The van der Waals surface area contributed by atoms with Gasteiger partial charge in [0.2, 0.25) is 10.0 Å². The number of nitrogens with one attached hydrogen (secondary N) is 1. The molecule has 0 amide bonds. The molecule has 7 heteroatoms. The van der Waals surface area contributed by atoms with Crippen LogP contribution in [0, 0.1) is 6.92 Å². The van der Waals surface area contributed by atoms with Crippen LogP contribution in [0.25, 0.3) is 0 Å². The van der Waals surface area contributed by atoms with Crippen LogP contribution in [0.2, 0.25) is 5.02 Å². The fraction of sp³-hybridized carbons (Fsp3) is 0.368. The summed E-state index contributed by atoms with van der Waals surface area (Å²) in [6.07, 6.45) is 0. The molecule has 1 fully saturated rings. The fourth-order valence-electron chi connectivity index (χ4n) is 3.23. The normalized spacial score (nSPS) is 16.6. The topological polar surface area (TPSA) is 51.1 Å². The van der Waals surface area contributed by atoms with E-state index in [0.717, 1.165) is 36.5 Å². The van der Waals surface area contributed by atoms with Crippen molar-refractivity contribution in [2.75, 3.05) is 33.3 Å². The van der Waals surface area contributed by atoms with Crippen molar-refractivity contribution in [1.82, 2.24) is 4.31 Å². The van der Waals surface area contributed by atoms with E-state index in [2.05, 4.69) is 0 Å². The molecule has 2 aromatic rings. The summed E-state index contributed by atoms with van der Waals surface area (Å²) in [4.78, 5) is 1.68. The van der Waals surface area contributed by atoms with Crippen LogP contribution < -0.4 is 9.64 Å². The van der Waals surface area contributed by atoms with Gasteiger partial charge in [-0.1, -0.05) is 29.3 Å². The van der Waals surface area contributed by atoms with Crippen molar-refractivity contribution >= 4 is 21.6 Å². The van der Waals surface area contributed by atoms with E-state index in [1.807, 2.05) is 37.3 Å². The zero-order valence-electron chi connectivity index (χ0n) is 15.0. The summed E-state index contributed by atoms with van der Waals surface area (Å²) < 4.78 is 32.6. The largest absolute Gasteiger partial charge is 0.496 e. The van der Waals surface area contributed by atoms with E-state index in [4.69, 9.17) is 16.3 Å². The number of rotatable bonds is 5. The lowest BCUT2D eigenvalue weighted by molar-refractivity contribution is -0.917. The molecule has 140 valence electrons. The molecule has 0 atom stereocenters. The van der Waals surface area contributed by atoms with Gasteiger partial charge >= 0.3 is 0 Å². The first-order chi connectivity index (χ1) is 12.4. The molecule has 1 N–H and O–H groups in total. The van der Waals surface area contributed by atoms with Crippen molar-refractivity contribution in [2.24, 2.45) is 0 Å². The Hall–Kier alpha value is -1.60. The molecule has 1 saturated heterocycles.